The SMILES string of the molecule is CCOC(=O)c1cnc2[nH]ccc2c1NC1CCCCC1. The molecule has 0 unspecified atom stereocenters. The topological polar surface area (TPSA) is 67.0 Å². The van der Waals surface area contributed by atoms with Crippen LogP contribution in [0.15, 0.2) is 18.5 Å². The minimum atomic E-state index is -0.314. The Morgan fingerprint density at radius 2 is 2.24 bits per heavy atom. The maximum atomic E-state index is 12.2. The van der Waals surface area contributed by atoms with Crippen molar-refractivity contribution in [3.05, 3.63) is 24.0 Å². The van der Waals surface area contributed by atoms with Gasteiger partial charge < -0.3 is 15.0 Å². The largest absolute Gasteiger partial charge is 0.462 e. The molecule has 21 heavy (non-hydrogen) atoms. The smallest absolute Gasteiger partial charge is 0.341 e. The van der Waals surface area contributed by atoms with Crippen LogP contribution in [0.3, 0.4) is 0 Å². The van der Waals surface area contributed by atoms with E-state index in [0.717, 1.165) is 29.6 Å². The van der Waals surface area contributed by atoms with Gasteiger partial charge in [-0.2, -0.15) is 0 Å². The zero-order chi connectivity index (χ0) is 14.7. The third kappa shape index (κ3) is 2.86. The molecular weight excluding hydrogens is 266 g/mol. The first kappa shape index (κ1) is 13.9. The van der Waals surface area contributed by atoms with Crippen LogP contribution in [0, 0.1) is 0 Å². The Balaban J connectivity index is 1.97. The van der Waals surface area contributed by atoms with E-state index in [1.54, 1.807) is 6.20 Å². The summed E-state index contributed by atoms with van der Waals surface area (Å²) >= 11 is 0. The Kier molecular flexibility index (Phi) is 4.08. The van der Waals surface area contributed by atoms with E-state index in [0.29, 0.717) is 18.2 Å². The van der Waals surface area contributed by atoms with Crippen LogP contribution in [0.2, 0.25) is 0 Å². The Morgan fingerprint density at radius 1 is 1.43 bits per heavy atom. The highest BCUT2D eigenvalue weighted by atomic mass is 16.5. The predicted octanol–water partition coefficient (Wildman–Crippen LogP) is 3.48. The van der Waals surface area contributed by atoms with E-state index in [4.69, 9.17) is 4.74 Å². The third-order valence-corrected chi connectivity index (χ3v) is 4.04. The van der Waals surface area contributed by atoms with Crippen LogP contribution in [-0.4, -0.2) is 28.6 Å². The van der Waals surface area contributed by atoms with E-state index in [2.05, 4.69) is 15.3 Å². The van der Waals surface area contributed by atoms with Crippen LogP contribution in [0.5, 0.6) is 0 Å². The second-order valence-electron chi connectivity index (χ2n) is 5.49. The molecule has 0 aromatic carbocycles. The molecule has 0 aliphatic heterocycles. The minimum absolute atomic E-state index is 0.314. The number of nitrogens with one attached hydrogen (secondary N) is 2. The molecule has 0 bridgehead atoms. The van der Waals surface area contributed by atoms with E-state index in [1.807, 2.05) is 19.2 Å². The summed E-state index contributed by atoms with van der Waals surface area (Å²) in [6.07, 6.45) is 9.54. The van der Waals surface area contributed by atoms with Crippen LogP contribution in [-0.2, 0) is 4.74 Å². The quantitative estimate of drug-likeness (QED) is 0.845. The molecule has 0 amide bonds. The Morgan fingerprint density at radius 3 is 3.00 bits per heavy atom. The molecule has 0 atom stereocenters. The highest BCUT2D eigenvalue weighted by Crippen LogP contribution is 2.29. The van der Waals surface area contributed by atoms with E-state index in [9.17, 15) is 4.79 Å². The molecule has 0 spiro atoms. The molecule has 5 nitrogen and oxygen atoms in total. The Bertz CT molecular complexity index is 629. The second-order valence-corrected chi connectivity index (χ2v) is 5.49. The Labute approximate surface area is 124 Å². The Hall–Kier alpha value is -2.04. The predicted molar refractivity (Wildman–Crippen MR) is 82.5 cm³/mol. The fourth-order valence-electron chi connectivity index (χ4n) is 2.98. The lowest BCUT2D eigenvalue weighted by atomic mass is 9.95. The maximum absolute atomic E-state index is 12.2. The van der Waals surface area contributed by atoms with E-state index >= 15 is 0 Å². The molecule has 1 saturated carbocycles. The maximum Gasteiger partial charge on any atom is 0.341 e. The number of H-pyrrole nitrogens is 1. The molecule has 2 N–H and O–H groups in total. The number of fused-ring (bicyclic) bond motifs is 1. The van der Waals surface area contributed by atoms with Crippen molar-refractivity contribution in [1.29, 1.82) is 0 Å². The summed E-state index contributed by atoms with van der Waals surface area (Å²) in [5.74, 6) is -0.314. The van der Waals surface area contributed by atoms with Crippen LogP contribution in [0.4, 0.5) is 5.69 Å². The van der Waals surface area contributed by atoms with Gasteiger partial charge in [-0.25, -0.2) is 9.78 Å². The molecule has 112 valence electrons. The van der Waals surface area contributed by atoms with Gasteiger partial charge in [0.15, 0.2) is 0 Å². The van der Waals surface area contributed by atoms with Crippen molar-refractivity contribution >= 4 is 22.7 Å². The first-order valence-corrected chi connectivity index (χ1v) is 7.69. The average Bonchev–Trinajstić information content (AvgIpc) is 2.98. The summed E-state index contributed by atoms with van der Waals surface area (Å²) in [4.78, 5) is 19.6. The molecule has 0 saturated heterocycles. The third-order valence-electron chi connectivity index (χ3n) is 4.04. The first-order chi connectivity index (χ1) is 10.3. The fraction of sp³-hybridized carbons (Fsp3) is 0.500. The molecule has 1 fully saturated rings. The van der Waals surface area contributed by atoms with Crippen molar-refractivity contribution in [2.24, 2.45) is 0 Å². The summed E-state index contributed by atoms with van der Waals surface area (Å²) in [6.45, 7) is 2.18. The molecule has 1 aliphatic carbocycles. The number of aromatic nitrogens is 2. The second kappa shape index (κ2) is 6.16. The van der Waals surface area contributed by atoms with E-state index < -0.39 is 0 Å². The lowest BCUT2D eigenvalue weighted by Crippen LogP contribution is -2.24. The monoisotopic (exact) mass is 287 g/mol. The summed E-state index contributed by atoms with van der Waals surface area (Å²) in [5.41, 5.74) is 2.17. The van der Waals surface area contributed by atoms with Crippen molar-refractivity contribution in [1.82, 2.24) is 9.97 Å². The van der Waals surface area contributed by atoms with Gasteiger partial charge in [0.05, 0.1) is 12.3 Å². The van der Waals surface area contributed by atoms with Crippen molar-refractivity contribution in [3.8, 4) is 0 Å². The summed E-state index contributed by atoms with van der Waals surface area (Å²) in [6, 6.07) is 2.38. The van der Waals surface area contributed by atoms with Crippen LogP contribution in [0.25, 0.3) is 11.0 Å². The lowest BCUT2D eigenvalue weighted by molar-refractivity contribution is 0.0527. The standard InChI is InChI=1S/C16H21N3O2/c1-2-21-16(20)13-10-18-15-12(8-9-17-15)14(13)19-11-6-4-3-5-7-11/h8-11H,2-7H2,1H3,(H2,17,18,19). The zero-order valence-corrected chi connectivity index (χ0v) is 12.3. The lowest BCUT2D eigenvalue weighted by Gasteiger charge is -2.25. The number of ether oxygens (including phenoxy) is 1. The summed E-state index contributed by atoms with van der Waals surface area (Å²) in [5, 5.41) is 4.51. The van der Waals surface area contributed by atoms with Gasteiger partial charge in [-0.3, -0.25) is 0 Å². The van der Waals surface area contributed by atoms with Gasteiger partial charge in [0.25, 0.3) is 0 Å². The molecule has 1 aliphatic rings. The number of rotatable bonds is 4. The number of hydrogen-bond acceptors (Lipinski definition) is 4. The van der Waals surface area contributed by atoms with Gasteiger partial charge in [0, 0.05) is 23.8 Å². The minimum Gasteiger partial charge on any atom is -0.462 e. The van der Waals surface area contributed by atoms with Gasteiger partial charge in [-0.1, -0.05) is 19.3 Å². The number of hydrogen-bond donors (Lipinski definition) is 2. The van der Waals surface area contributed by atoms with Crippen molar-refractivity contribution in [2.45, 2.75) is 45.1 Å². The van der Waals surface area contributed by atoms with Crippen molar-refractivity contribution in [3.63, 3.8) is 0 Å². The molecule has 5 heteroatoms. The van der Waals surface area contributed by atoms with Gasteiger partial charge in [0.1, 0.15) is 11.2 Å². The number of nitrogens with zero attached hydrogens (tertiary/aromatic N) is 1. The average molecular weight is 287 g/mol. The number of aromatic amines is 1. The summed E-state index contributed by atoms with van der Waals surface area (Å²) < 4.78 is 5.15. The van der Waals surface area contributed by atoms with E-state index in [1.165, 1.54) is 19.3 Å². The highest BCUT2D eigenvalue weighted by molar-refractivity contribution is 6.04. The molecule has 2 aromatic heterocycles. The zero-order valence-electron chi connectivity index (χ0n) is 12.3. The number of anilines is 1. The van der Waals surface area contributed by atoms with Crippen LogP contribution >= 0.6 is 0 Å². The first-order valence-electron chi connectivity index (χ1n) is 7.69. The highest BCUT2D eigenvalue weighted by Gasteiger charge is 2.21. The van der Waals surface area contributed by atoms with Crippen molar-refractivity contribution < 1.29 is 9.53 Å². The molecule has 0 radical (unpaired) electrons. The number of carbonyl (C=O) groups is 1. The molecule has 2 heterocycles. The number of pyridine rings is 1. The van der Waals surface area contributed by atoms with Gasteiger partial charge >= 0.3 is 5.97 Å². The van der Waals surface area contributed by atoms with Gasteiger partial charge in [-0.05, 0) is 25.8 Å². The fourth-order valence-corrected chi connectivity index (χ4v) is 2.98. The molecular formula is C16H21N3O2. The van der Waals surface area contributed by atoms with Crippen LogP contribution < -0.4 is 5.32 Å². The van der Waals surface area contributed by atoms with Crippen LogP contribution in [0.1, 0.15) is 49.4 Å². The van der Waals surface area contributed by atoms with Crippen molar-refractivity contribution in [2.75, 3.05) is 11.9 Å². The summed E-state index contributed by atoms with van der Waals surface area (Å²) in [7, 11) is 0. The number of carbonyl (C=O) groups excluding carboxylic acids is 1. The van der Waals surface area contributed by atoms with Gasteiger partial charge in [0.2, 0.25) is 0 Å². The van der Waals surface area contributed by atoms with E-state index in [-0.39, 0.29) is 5.97 Å². The van der Waals surface area contributed by atoms with Gasteiger partial charge in [-0.15, -0.1) is 0 Å². The molecule has 3 rings (SSSR count). The number of esters is 1. The normalized spacial score (nSPS) is 16.0. The molecule has 2 aromatic rings.